The van der Waals surface area contributed by atoms with Gasteiger partial charge in [-0.15, -0.1) is 0 Å². The van der Waals surface area contributed by atoms with Gasteiger partial charge in [0, 0.05) is 33.2 Å². The number of sulfonamides is 1. The van der Waals surface area contributed by atoms with Crippen LogP contribution in [-0.2, 0) is 31.8 Å². The van der Waals surface area contributed by atoms with E-state index in [1.54, 1.807) is 13.2 Å². The molecule has 7 heteroatoms. The molecule has 0 saturated carbocycles. The number of benzene rings is 1. The number of nitrogens with one attached hydrogen (secondary N) is 1. The van der Waals surface area contributed by atoms with Crippen molar-refractivity contribution in [3.63, 3.8) is 0 Å². The number of hydrogen-bond donors (Lipinski definition) is 2. The lowest BCUT2D eigenvalue weighted by molar-refractivity contribution is -0.0120. The topological polar surface area (TPSA) is 90.7 Å². The van der Waals surface area contributed by atoms with E-state index in [1.165, 1.54) is 0 Å². The summed E-state index contributed by atoms with van der Waals surface area (Å²) in [5, 5.41) is 0. The highest BCUT2D eigenvalue weighted by Crippen LogP contribution is 2.22. The van der Waals surface area contributed by atoms with E-state index in [9.17, 15) is 8.42 Å². The van der Waals surface area contributed by atoms with Crippen LogP contribution in [0.3, 0.4) is 0 Å². The Morgan fingerprint density at radius 3 is 2.81 bits per heavy atom. The van der Waals surface area contributed by atoms with E-state index in [-0.39, 0.29) is 12.3 Å². The first-order valence-corrected chi connectivity index (χ1v) is 8.52. The number of ether oxygens (including phenoxy) is 2. The highest BCUT2D eigenvalue weighted by molar-refractivity contribution is 7.88. The average molecular weight is 314 g/mol. The minimum atomic E-state index is -3.42. The maximum Gasteiger partial charge on any atom is 0.215 e. The van der Waals surface area contributed by atoms with Gasteiger partial charge in [0.2, 0.25) is 10.0 Å². The van der Waals surface area contributed by atoms with Gasteiger partial charge < -0.3 is 15.2 Å². The van der Waals surface area contributed by atoms with Gasteiger partial charge in [0.15, 0.2) is 0 Å². The van der Waals surface area contributed by atoms with Gasteiger partial charge in [-0.1, -0.05) is 24.3 Å². The quantitative estimate of drug-likeness (QED) is 0.759. The first kappa shape index (κ1) is 16.4. The molecule has 6 nitrogen and oxygen atoms in total. The van der Waals surface area contributed by atoms with Crippen molar-refractivity contribution < 1.29 is 17.9 Å². The van der Waals surface area contributed by atoms with E-state index >= 15 is 0 Å². The van der Waals surface area contributed by atoms with Gasteiger partial charge in [-0.05, 0) is 11.1 Å². The summed E-state index contributed by atoms with van der Waals surface area (Å²) in [6.45, 7) is 1.62. The van der Waals surface area contributed by atoms with Crippen molar-refractivity contribution in [1.82, 2.24) is 4.72 Å². The maximum absolute atomic E-state index is 12.2. The van der Waals surface area contributed by atoms with Crippen molar-refractivity contribution in [2.24, 2.45) is 5.73 Å². The minimum Gasteiger partial charge on any atom is -0.378 e. The summed E-state index contributed by atoms with van der Waals surface area (Å²) in [7, 11) is -1.84. The standard InChI is InChI=1S/C14H22N2O4S/c1-19-14(5-6-20-11-14)10-16-21(17,18)9-13-4-2-3-12(7-13)8-15/h2-4,7,16H,5-6,8-11,15H2,1H3. The molecule has 0 bridgehead atoms. The van der Waals surface area contributed by atoms with Crippen LogP contribution in [0, 0.1) is 0 Å². The molecule has 0 radical (unpaired) electrons. The lowest BCUT2D eigenvalue weighted by Gasteiger charge is -2.25. The molecule has 0 amide bonds. The van der Waals surface area contributed by atoms with E-state index < -0.39 is 15.6 Å². The Morgan fingerprint density at radius 1 is 1.43 bits per heavy atom. The van der Waals surface area contributed by atoms with Gasteiger partial charge in [-0.2, -0.15) is 0 Å². The monoisotopic (exact) mass is 314 g/mol. The molecular weight excluding hydrogens is 292 g/mol. The third-order valence-electron chi connectivity index (χ3n) is 3.70. The van der Waals surface area contributed by atoms with Gasteiger partial charge >= 0.3 is 0 Å². The van der Waals surface area contributed by atoms with Crippen molar-refractivity contribution >= 4 is 10.0 Å². The minimum absolute atomic E-state index is 0.0680. The summed E-state index contributed by atoms with van der Waals surface area (Å²) in [6, 6.07) is 7.28. The van der Waals surface area contributed by atoms with Crippen LogP contribution in [-0.4, -0.2) is 40.9 Å². The molecule has 1 aliphatic heterocycles. The predicted molar refractivity (Wildman–Crippen MR) is 80.1 cm³/mol. The van der Waals surface area contributed by atoms with Gasteiger partial charge in [-0.3, -0.25) is 0 Å². The molecule has 21 heavy (non-hydrogen) atoms. The molecule has 0 aliphatic carbocycles. The first-order valence-electron chi connectivity index (χ1n) is 6.87. The largest absolute Gasteiger partial charge is 0.378 e. The second kappa shape index (κ2) is 6.85. The smallest absolute Gasteiger partial charge is 0.215 e. The van der Waals surface area contributed by atoms with E-state index in [0.29, 0.717) is 26.2 Å². The van der Waals surface area contributed by atoms with Crippen LogP contribution in [0.15, 0.2) is 24.3 Å². The molecule has 1 fully saturated rings. The van der Waals surface area contributed by atoms with Crippen molar-refractivity contribution in [2.75, 3.05) is 26.9 Å². The fourth-order valence-corrected chi connectivity index (χ4v) is 3.52. The molecule has 118 valence electrons. The highest BCUT2D eigenvalue weighted by Gasteiger charge is 2.35. The summed E-state index contributed by atoms with van der Waals surface area (Å²) in [5.74, 6) is -0.0680. The Kier molecular flexibility index (Phi) is 5.34. The van der Waals surface area contributed by atoms with Crippen LogP contribution >= 0.6 is 0 Å². The third-order valence-corrected chi connectivity index (χ3v) is 5.00. The van der Waals surface area contributed by atoms with Crippen LogP contribution in [0.1, 0.15) is 17.5 Å². The molecule has 3 N–H and O–H groups in total. The molecule has 1 aliphatic rings. The SMILES string of the molecule is COC1(CNS(=O)(=O)Cc2cccc(CN)c2)CCOC1. The fraction of sp³-hybridized carbons (Fsp3) is 0.571. The van der Waals surface area contributed by atoms with Crippen molar-refractivity contribution in [1.29, 1.82) is 0 Å². The normalized spacial score (nSPS) is 22.6. The van der Waals surface area contributed by atoms with Crippen LogP contribution in [0.2, 0.25) is 0 Å². The fourth-order valence-electron chi connectivity index (χ4n) is 2.32. The Bertz CT molecular complexity index is 568. The van der Waals surface area contributed by atoms with E-state index in [1.807, 2.05) is 18.2 Å². The Labute approximate surface area is 125 Å². The predicted octanol–water partition coefficient (Wildman–Crippen LogP) is 0.370. The van der Waals surface area contributed by atoms with Crippen molar-refractivity contribution in [3.05, 3.63) is 35.4 Å². The number of nitrogens with two attached hydrogens (primary N) is 1. The average Bonchev–Trinajstić information content (AvgIpc) is 2.95. The summed E-state index contributed by atoms with van der Waals surface area (Å²) in [6.07, 6.45) is 0.689. The zero-order chi connectivity index (χ0) is 15.3. The Balaban J connectivity index is 1.98. The summed E-state index contributed by atoms with van der Waals surface area (Å²) in [4.78, 5) is 0. The molecule has 0 aromatic heterocycles. The zero-order valence-electron chi connectivity index (χ0n) is 12.2. The van der Waals surface area contributed by atoms with Crippen LogP contribution in [0.5, 0.6) is 0 Å². The molecule has 1 aromatic carbocycles. The number of methoxy groups -OCH3 is 1. The number of rotatable bonds is 7. The van der Waals surface area contributed by atoms with Gasteiger partial charge in [0.1, 0.15) is 5.60 Å². The lowest BCUT2D eigenvalue weighted by Crippen LogP contribution is -2.45. The Morgan fingerprint density at radius 2 is 2.19 bits per heavy atom. The van der Waals surface area contributed by atoms with Gasteiger partial charge in [0.25, 0.3) is 0 Å². The van der Waals surface area contributed by atoms with Crippen molar-refractivity contribution in [3.8, 4) is 0 Å². The van der Waals surface area contributed by atoms with Crippen LogP contribution < -0.4 is 10.5 Å². The molecule has 1 aromatic rings. The second-order valence-electron chi connectivity index (χ2n) is 5.29. The molecule has 2 rings (SSSR count). The van der Waals surface area contributed by atoms with Crippen LogP contribution in [0.25, 0.3) is 0 Å². The molecule has 1 saturated heterocycles. The lowest BCUT2D eigenvalue weighted by atomic mass is 10.0. The van der Waals surface area contributed by atoms with Crippen LogP contribution in [0.4, 0.5) is 0 Å². The molecule has 0 spiro atoms. The summed E-state index contributed by atoms with van der Waals surface area (Å²) in [5.41, 5.74) is 6.65. The van der Waals surface area contributed by atoms with E-state index in [0.717, 1.165) is 11.1 Å². The maximum atomic E-state index is 12.2. The van der Waals surface area contributed by atoms with E-state index in [4.69, 9.17) is 15.2 Å². The Hall–Kier alpha value is -0.990. The summed E-state index contributed by atoms with van der Waals surface area (Å²) >= 11 is 0. The number of hydrogen-bond acceptors (Lipinski definition) is 5. The van der Waals surface area contributed by atoms with Gasteiger partial charge in [-0.25, -0.2) is 13.1 Å². The highest BCUT2D eigenvalue weighted by atomic mass is 32.2. The zero-order valence-corrected chi connectivity index (χ0v) is 13.0. The molecular formula is C14H22N2O4S. The second-order valence-corrected chi connectivity index (χ2v) is 7.10. The molecule has 1 unspecified atom stereocenters. The first-order chi connectivity index (χ1) is 9.99. The third kappa shape index (κ3) is 4.49. The van der Waals surface area contributed by atoms with Crippen molar-refractivity contribution in [2.45, 2.75) is 24.3 Å². The summed E-state index contributed by atoms with van der Waals surface area (Å²) < 4.78 is 37.7. The van der Waals surface area contributed by atoms with E-state index in [2.05, 4.69) is 4.72 Å². The molecule has 1 atom stereocenters. The van der Waals surface area contributed by atoms with Gasteiger partial charge in [0.05, 0.1) is 12.4 Å². The molecule has 1 heterocycles.